The highest BCUT2D eigenvalue weighted by Gasteiger charge is 2.32. The van der Waals surface area contributed by atoms with Crippen LogP contribution >= 0.6 is 17.0 Å². The summed E-state index contributed by atoms with van der Waals surface area (Å²) >= 11 is 0. The van der Waals surface area contributed by atoms with Gasteiger partial charge in [-0.2, -0.15) is 0 Å². The first-order valence-corrected chi connectivity index (χ1v) is 8.34. The van der Waals surface area contributed by atoms with Crippen LogP contribution in [-0.4, -0.2) is 13.2 Å². The molecule has 3 rings (SSSR count). The van der Waals surface area contributed by atoms with Gasteiger partial charge in [-0.05, 0) is 29.7 Å². The second kappa shape index (κ2) is 9.40. The van der Waals surface area contributed by atoms with Crippen LogP contribution in [0.4, 0.5) is 0 Å². The smallest absolute Gasteiger partial charge is 0.119 e. The molecular formula is C22H24BrNO. The van der Waals surface area contributed by atoms with Gasteiger partial charge in [-0.25, -0.2) is 0 Å². The van der Waals surface area contributed by atoms with Crippen molar-refractivity contribution in [3.63, 3.8) is 0 Å². The summed E-state index contributed by atoms with van der Waals surface area (Å²) < 4.78 is 5.95. The van der Waals surface area contributed by atoms with Crippen LogP contribution in [0, 0.1) is 0 Å². The van der Waals surface area contributed by atoms with Gasteiger partial charge in [0, 0.05) is 12.0 Å². The van der Waals surface area contributed by atoms with Gasteiger partial charge in [0.1, 0.15) is 5.75 Å². The maximum atomic E-state index is 6.30. The van der Waals surface area contributed by atoms with Crippen molar-refractivity contribution in [2.75, 3.05) is 13.2 Å². The maximum absolute atomic E-state index is 6.30. The number of ether oxygens (including phenoxy) is 1. The number of benzene rings is 3. The van der Waals surface area contributed by atoms with Gasteiger partial charge < -0.3 is 10.5 Å². The Labute approximate surface area is 160 Å². The molecule has 0 heterocycles. The highest BCUT2D eigenvalue weighted by atomic mass is 79.9. The van der Waals surface area contributed by atoms with E-state index in [9.17, 15) is 0 Å². The molecule has 0 fully saturated rings. The minimum atomic E-state index is -0.239. The zero-order valence-electron chi connectivity index (χ0n) is 14.2. The lowest BCUT2D eigenvalue weighted by Crippen LogP contribution is -2.38. The Morgan fingerprint density at radius 1 is 0.680 bits per heavy atom. The molecule has 0 aliphatic rings. The SMILES string of the molecule is Br.NCC(CCOc1ccccc1)(c1ccccc1)c1ccccc1. The van der Waals surface area contributed by atoms with Crippen LogP contribution in [0.25, 0.3) is 0 Å². The number of hydrogen-bond acceptors (Lipinski definition) is 2. The van der Waals surface area contributed by atoms with Gasteiger partial charge in [0.15, 0.2) is 0 Å². The van der Waals surface area contributed by atoms with Gasteiger partial charge in [0.05, 0.1) is 6.61 Å². The van der Waals surface area contributed by atoms with Crippen LogP contribution in [0.5, 0.6) is 5.75 Å². The average molecular weight is 398 g/mol. The van der Waals surface area contributed by atoms with Gasteiger partial charge >= 0.3 is 0 Å². The standard InChI is InChI=1S/C22H23NO.BrH/c23-18-22(19-10-4-1-5-11-19,20-12-6-2-7-13-20)16-17-24-21-14-8-3-9-15-21;/h1-15H,16-18,23H2;1H. The first-order chi connectivity index (χ1) is 11.8. The molecule has 0 aliphatic heterocycles. The monoisotopic (exact) mass is 397 g/mol. The van der Waals surface area contributed by atoms with E-state index in [1.165, 1.54) is 11.1 Å². The molecule has 0 aromatic heterocycles. The maximum Gasteiger partial charge on any atom is 0.119 e. The molecule has 0 aliphatic carbocycles. The van der Waals surface area contributed by atoms with Crippen LogP contribution in [0.15, 0.2) is 91.0 Å². The summed E-state index contributed by atoms with van der Waals surface area (Å²) in [7, 11) is 0. The van der Waals surface area contributed by atoms with E-state index < -0.39 is 0 Å². The minimum absolute atomic E-state index is 0. The lowest BCUT2D eigenvalue weighted by molar-refractivity contribution is 0.275. The minimum Gasteiger partial charge on any atom is -0.494 e. The Balaban J connectivity index is 0.00000225. The normalized spacial score (nSPS) is 10.8. The fraction of sp³-hybridized carbons (Fsp3) is 0.182. The molecule has 0 radical (unpaired) electrons. The van der Waals surface area contributed by atoms with Crippen LogP contribution in [-0.2, 0) is 5.41 Å². The highest BCUT2D eigenvalue weighted by molar-refractivity contribution is 8.93. The molecule has 0 atom stereocenters. The third kappa shape index (κ3) is 4.50. The lowest BCUT2D eigenvalue weighted by Gasteiger charge is -2.34. The number of rotatable bonds is 7. The van der Waals surface area contributed by atoms with Gasteiger partial charge in [-0.1, -0.05) is 78.9 Å². The second-order valence-corrected chi connectivity index (χ2v) is 5.93. The Morgan fingerprint density at radius 2 is 1.12 bits per heavy atom. The van der Waals surface area contributed by atoms with Crippen LogP contribution < -0.4 is 10.5 Å². The topological polar surface area (TPSA) is 35.2 Å². The van der Waals surface area contributed by atoms with E-state index in [1.54, 1.807) is 0 Å². The van der Waals surface area contributed by atoms with Crippen molar-refractivity contribution < 1.29 is 4.74 Å². The largest absolute Gasteiger partial charge is 0.494 e. The number of nitrogens with two attached hydrogens (primary N) is 1. The van der Waals surface area contributed by atoms with E-state index in [4.69, 9.17) is 10.5 Å². The predicted octanol–water partition coefficient (Wildman–Crippen LogP) is 4.98. The third-order valence-corrected chi connectivity index (χ3v) is 4.54. The van der Waals surface area contributed by atoms with Crippen LogP contribution in [0.2, 0.25) is 0 Å². The zero-order valence-corrected chi connectivity index (χ0v) is 15.9. The van der Waals surface area contributed by atoms with Crippen molar-refractivity contribution in [2.45, 2.75) is 11.8 Å². The van der Waals surface area contributed by atoms with Crippen molar-refractivity contribution in [1.29, 1.82) is 0 Å². The Hall–Kier alpha value is -2.10. The molecule has 3 aromatic carbocycles. The number of hydrogen-bond donors (Lipinski definition) is 1. The van der Waals surface area contributed by atoms with Crippen molar-refractivity contribution >= 4 is 17.0 Å². The summed E-state index contributed by atoms with van der Waals surface area (Å²) in [6.07, 6.45) is 0.826. The quantitative estimate of drug-likeness (QED) is 0.609. The van der Waals surface area contributed by atoms with E-state index in [-0.39, 0.29) is 22.4 Å². The Bertz CT molecular complexity index is 692. The molecule has 3 aromatic rings. The summed E-state index contributed by atoms with van der Waals surface area (Å²) in [6, 6.07) is 30.9. The van der Waals surface area contributed by atoms with E-state index in [2.05, 4.69) is 48.5 Å². The molecular weight excluding hydrogens is 374 g/mol. The summed E-state index contributed by atoms with van der Waals surface area (Å²) in [5.41, 5.74) is 8.52. The zero-order chi connectivity index (χ0) is 16.7. The molecule has 0 unspecified atom stereocenters. The van der Waals surface area contributed by atoms with Gasteiger partial charge in [-0.15, -0.1) is 17.0 Å². The van der Waals surface area contributed by atoms with Crippen LogP contribution in [0.1, 0.15) is 17.5 Å². The van der Waals surface area contributed by atoms with Gasteiger partial charge in [0.25, 0.3) is 0 Å². The molecule has 0 bridgehead atoms. The highest BCUT2D eigenvalue weighted by Crippen LogP contribution is 2.35. The van der Waals surface area contributed by atoms with Crippen molar-refractivity contribution in [1.82, 2.24) is 0 Å². The molecule has 2 N–H and O–H groups in total. The molecule has 0 amide bonds. The number of para-hydroxylation sites is 1. The summed E-state index contributed by atoms with van der Waals surface area (Å²) in [6.45, 7) is 1.16. The fourth-order valence-corrected chi connectivity index (χ4v) is 3.17. The summed E-state index contributed by atoms with van der Waals surface area (Å²) in [5, 5.41) is 0. The fourth-order valence-electron chi connectivity index (χ4n) is 3.17. The first kappa shape index (κ1) is 19.2. The van der Waals surface area contributed by atoms with Gasteiger partial charge in [0.2, 0.25) is 0 Å². The average Bonchev–Trinajstić information content (AvgIpc) is 2.68. The van der Waals surface area contributed by atoms with E-state index >= 15 is 0 Å². The lowest BCUT2D eigenvalue weighted by atomic mass is 9.72. The molecule has 0 spiro atoms. The molecule has 2 nitrogen and oxygen atoms in total. The second-order valence-electron chi connectivity index (χ2n) is 5.93. The predicted molar refractivity (Wildman–Crippen MR) is 110 cm³/mol. The summed E-state index contributed by atoms with van der Waals surface area (Å²) in [5.74, 6) is 0.893. The summed E-state index contributed by atoms with van der Waals surface area (Å²) in [4.78, 5) is 0. The molecule has 0 saturated carbocycles. The molecule has 0 saturated heterocycles. The van der Waals surface area contributed by atoms with Crippen molar-refractivity contribution in [2.24, 2.45) is 5.73 Å². The van der Waals surface area contributed by atoms with E-state index in [1.807, 2.05) is 42.5 Å². The molecule has 3 heteroatoms. The van der Waals surface area contributed by atoms with Crippen molar-refractivity contribution in [3.05, 3.63) is 102 Å². The van der Waals surface area contributed by atoms with Crippen LogP contribution in [0.3, 0.4) is 0 Å². The van der Waals surface area contributed by atoms with Crippen molar-refractivity contribution in [3.8, 4) is 5.75 Å². The van der Waals surface area contributed by atoms with Gasteiger partial charge in [-0.3, -0.25) is 0 Å². The Morgan fingerprint density at radius 3 is 1.56 bits per heavy atom. The van der Waals surface area contributed by atoms with E-state index in [0.717, 1.165) is 12.2 Å². The third-order valence-electron chi connectivity index (χ3n) is 4.54. The Kier molecular flexibility index (Phi) is 7.23. The van der Waals surface area contributed by atoms with E-state index in [0.29, 0.717) is 13.2 Å². The molecule has 130 valence electrons. The first-order valence-electron chi connectivity index (χ1n) is 8.34. The number of halogens is 1. The molecule has 25 heavy (non-hydrogen) atoms.